The van der Waals surface area contributed by atoms with Crippen LogP contribution in [0.4, 0.5) is 5.82 Å². The minimum absolute atomic E-state index is 0.0338. The van der Waals surface area contributed by atoms with Gasteiger partial charge in [0.05, 0.1) is 12.2 Å². The van der Waals surface area contributed by atoms with Gasteiger partial charge in [0.2, 0.25) is 5.91 Å². The number of carbonyl (C=O) groups excluding carboxylic acids is 1. The van der Waals surface area contributed by atoms with Gasteiger partial charge in [-0.1, -0.05) is 30.3 Å². The van der Waals surface area contributed by atoms with Crippen LogP contribution < -0.4 is 5.32 Å². The number of hydrogen-bond acceptors (Lipinski definition) is 6. The summed E-state index contributed by atoms with van der Waals surface area (Å²) < 4.78 is 1.68. The Labute approximate surface area is 182 Å². The second kappa shape index (κ2) is 10.3. The van der Waals surface area contributed by atoms with Crippen LogP contribution in [-0.2, 0) is 24.8 Å². The zero-order chi connectivity index (χ0) is 21.5. The molecule has 1 aromatic carbocycles. The van der Waals surface area contributed by atoms with Gasteiger partial charge in [0.25, 0.3) is 0 Å². The van der Waals surface area contributed by atoms with Crippen molar-refractivity contribution in [3.05, 3.63) is 72.4 Å². The number of amides is 1. The number of nitrogens with one attached hydrogen (secondary N) is 1. The Balaban J connectivity index is 1.41. The molecular formula is C23H29N7O. The summed E-state index contributed by atoms with van der Waals surface area (Å²) in [6, 6.07) is 12.3. The van der Waals surface area contributed by atoms with Crippen LogP contribution in [0.25, 0.3) is 0 Å². The Bertz CT molecular complexity index is 960. The Morgan fingerprint density at radius 1 is 1.10 bits per heavy atom. The molecule has 1 N–H and O–H groups in total. The number of hydrogen-bond donors (Lipinski definition) is 1. The molecule has 0 radical (unpaired) electrons. The molecular weight excluding hydrogens is 390 g/mol. The maximum absolute atomic E-state index is 12.6. The molecule has 8 nitrogen and oxygen atoms in total. The summed E-state index contributed by atoms with van der Waals surface area (Å²) in [5.74, 6) is 0.920. The molecule has 3 aromatic rings. The number of benzene rings is 1. The van der Waals surface area contributed by atoms with Crippen LogP contribution in [-0.4, -0.2) is 68.2 Å². The van der Waals surface area contributed by atoms with Gasteiger partial charge in [-0.15, -0.1) is 0 Å². The highest BCUT2D eigenvalue weighted by atomic mass is 16.2. The number of aryl methyl sites for hydroxylation is 1. The lowest BCUT2D eigenvalue weighted by Gasteiger charge is -2.24. The summed E-state index contributed by atoms with van der Waals surface area (Å²) in [5, 5.41) is 7.13. The zero-order valence-electron chi connectivity index (χ0n) is 17.9. The van der Waals surface area contributed by atoms with Crippen LogP contribution in [0, 0.1) is 5.92 Å². The molecule has 1 atom stereocenters. The van der Waals surface area contributed by atoms with Crippen molar-refractivity contribution in [2.75, 3.05) is 38.0 Å². The van der Waals surface area contributed by atoms with Crippen LogP contribution in [0.2, 0.25) is 0 Å². The number of aromatic nitrogens is 4. The lowest BCUT2D eigenvalue weighted by atomic mass is 10.0. The van der Waals surface area contributed by atoms with Gasteiger partial charge in [0.15, 0.2) is 5.82 Å². The van der Waals surface area contributed by atoms with Crippen LogP contribution in [0.1, 0.15) is 11.3 Å². The largest absolute Gasteiger partial charge is 0.308 e. The van der Waals surface area contributed by atoms with Crippen LogP contribution in [0.5, 0.6) is 0 Å². The lowest BCUT2D eigenvalue weighted by Crippen LogP contribution is -2.37. The van der Waals surface area contributed by atoms with Crippen LogP contribution in [0.3, 0.4) is 0 Å². The van der Waals surface area contributed by atoms with Crippen molar-refractivity contribution in [3.8, 4) is 0 Å². The van der Waals surface area contributed by atoms with E-state index in [0.717, 1.165) is 44.8 Å². The minimum Gasteiger partial charge on any atom is -0.308 e. The molecule has 1 aliphatic rings. The number of anilines is 1. The Hall–Kier alpha value is -3.10. The summed E-state index contributed by atoms with van der Waals surface area (Å²) in [6.07, 6.45) is 7.94. The van der Waals surface area contributed by atoms with Gasteiger partial charge in [-0.2, -0.15) is 5.10 Å². The van der Waals surface area contributed by atoms with E-state index in [1.807, 2.05) is 25.5 Å². The van der Waals surface area contributed by atoms with Gasteiger partial charge in [0.1, 0.15) is 0 Å². The van der Waals surface area contributed by atoms with E-state index in [1.54, 1.807) is 23.1 Å². The Morgan fingerprint density at radius 3 is 2.65 bits per heavy atom. The summed E-state index contributed by atoms with van der Waals surface area (Å²) in [5.41, 5.74) is 2.30. The molecule has 1 fully saturated rings. The maximum Gasteiger partial charge on any atom is 0.239 e. The zero-order valence-corrected chi connectivity index (χ0v) is 17.9. The summed E-state index contributed by atoms with van der Waals surface area (Å²) in [4.78, 5) is 26.0. The first-order chi connectivity index (χ1) is 15.1. The van der Waals surface area contributed by atoms with E-state index in [4.69, 9.17) is 0 Å². The third-order valence-corrected chi connectivity index (χ3v) is 5.48. The van der Waals surface area contributed by atoms with Gasteiger partial charge < -0.3 is 5.32 Å². The Kier molecular flexibility index (Phi) is 7.01. The predicted octanol–water partition coefficient (Wildman–Crippen LogP) is 1.83. The van der Waals surface area contributed by atoms with E-state index in [0.29, 0.717) is 18.3 Å². The van der Waals surface area contributed by atoms with Crippen molar-refractivity contribution in [1.82, 2.24) is 29.5 Å². The van der Waals surface area contributed by atoms with Gasteiger partial charge >= 0.3 is 0 Å². The molecule has 0 unspecified atom stereocenters. The lowest BCUT2D eigenvalue weighted by molar-refractivity contribution is -0.117. The van der Waals surface area contributed by atoms with E-state index in [2.05, 4.69) is 54.4 Å². The van der Waals surface area contributed by atoms with E-state index in [9.17, 15) is 4.79 Å². The SMILES string of the molecule is Cn1ccc(NC(=O)CN2CCN(Cc3ccccc3)C[C@@H](Cc3cnccn3)C2)n1. The second-order valence-electron chi connectivity index (χ2n) is 8.15. The molecule has 0 spiro atoms. The first-order valence-electron chi connectivity index (χ1n) is 10.7. The van der Waals surface area contributed by atoms with Crippen LogP contribution >= 0.6 is 0 Å². The van der Waals surface area contributed by atoms with Crippen molar-refractivity contribution in [3.63, 3.8) is 0 Å². The molecule has 0 bridgehead atoms. The van der Waals surface area contributed by atoms with Crippen molar-refractivity contribution < 1.29 is 4.79 Å². The van der Waals surface area contributed by atoms with Gasteiger partial charge in [-0.3, -0.25) is 29.2 Å². The molecule has 3 heterocycles. The average molecular weight is 420 g/mol. The topological polar surface area (TPSA) is 79.2 Å². The van der Waals surface area contributed by atoms with E-state index in [1.165, 1.54) is 5.56 Å². The van der Waals surface area contributed by atoms with Gasteiger partial charge in [0, 0.05) is 70.6 Å². The van der Waals surface area contributed by atoms with Gasteiger partial charge in [-0.05, 0) is 17.9 Å². The van der Waals surface area contributed by atoms with Crippen molar-refractivity contribution in [2.24, 2.45) is 13.0 Å². The number of nitrogens with zero attached hydrogens (tertiary/aromatic N) is 6. The number of rotatable bonds is 7. The highest BCUT2D eigenvalue weighted by molar-refractivity contribution is 5.91. The molecule has 2 aromatic heterocycles. The summed E-state index contributed by atoms with van der Waals surface area (Å²) in [7, 11) is 1.84. The van der Waals surface area contributed by atoms with Gasteiger partial charge in [-0.25, -0.2) is 0 Å². The van der Waals surface area contributed by atoms with Crippen LogP contribution in [0.15, 0.2) is 61.2 Å². The predicted molar refractivity (Wildman–Crippen MR) is 119 cm³/mol. The standard InChI is InChI=1S/C23H29N7O/c1-28-10-7-22(27-28)26-23(31)18-30-12-11-29(15-19-5-3-2-4-6-19)16-20(17-30)13-21-14-24-8-9-25-21/h2-10,14,20H,11-13,15-18H2,1H3,(H,26,27,31)/t20-/m1/s1. The average Bonchev–Trinajstić information content (AvgIpc) is 3.08. The first kappa shape index (κ1) is 21.1. The molecule has 1 aliphatic heterocycles. The number of carbonyl (C=O) groups is 1. The molecule has 31 heavy (non-hydrogen) atoms. The Morgan fingerprint density at radius 2 is 1.90 bits per heavy atom. The summed E-state index contributed by atoms with van der Waals surface area (Å²) in [6.45, 7) is 4.84. The monoisotopic (exact) mass is 419 g/mol. The van der Waals surface area contributed by atoms with E-state index >= 15 is 0 Å². The molecule has 0 saturated carbocycles. The molecule has 4 rings (SSSR count). The quantitative estimate of drug-likeness (QED) is 0.629. The summed E-state index contributed by atoms with van der Waals surface area (Å²) >= 11 is 0. The molecule has 162 valence electrons. The molecule has 1 amide bonds. The highest BCUT2D eigenvalue weighted by Gasteiger charge is 2.25. The third-order valence-electron chi connectivity index (χ3n) is 5.48. The molecule has 8 heteroatoms. The van der Waals surface area contributed by atoms with Crippen molar-refractivity contribution >= 4 is 11.7 Å². The van der Waals surface area contributed by atoms with Crippen molar-refractivity contribution in [1.29, 1.82) is 0 Å². The smallest absolute Gasteiger partial charge is 0.239 e. The fourth-order valence-corrected chi connectivity index (χ4v) is 4.11. The molecule has 0 aliphatic carbocycles. The normalized spacial score (nSPS) is 17.9. The van der Waals surface area contributed by atoms with Crippen molar-refractivity contribution in [2.45, 2.75) is 13.0 Å². The fourth-order valence-electron chi connectivity index (χ4n) is 4.11. The van der Waals surface area contributed by atoms with E-state index < -0.39 is 0 Å². The molecule has 1 saturated heterocycles. The maximum atomic E-state index is 12.6. The fraction of sp³-hybridized carbons (Fsp3) is 0.391. The highest BCUT2D eigenvalue weighted by Crippen LogP contribution is 2.16. The van der Waals surface area contributed by atoms with E-state index in [-0.39, 0.29) is 5.91 Å². The third kappa shape index (κ3) is 6.44. The first-order valence-corrected chi connectivity index (χ1v) is 10.7. The second-order valence-corrected chi connectivity index (χ2v) is 8.15. The minimum atomic E-state index is -0.0338.